The lowest BCUT2D eigenvalue weighted by Crippen LogP contribution is -2.47. The van der Waals surface area contributed by atoms with E-state index in [1.807, 2.05) is 0 Å². The van der Waals surface area contributed by atoms with Gasteiger partial charge in [0.2, 0.25) is 0 Å². The first kappa shape index (κ1) is 14.7. The summed E-state index contributed by atoms with van der Waals surface area (Å²) < 4.78 is 0.506. The van der Waals surface area contributed by atoms with Crippen LogP contribution in [-0.2, 0) is 0 Å². The van der Waals surface area contributed by atoms with Crippen molar-refractivity contribution in [1.29, 1.82) is 0 Å². The molecule has 0 bridgehead atoms. The van der Waals surface area contributed by atoms with E-state index in [0.29, 0.717) is 15.6 Å². The standard InChI is InChI=1S/C16H31NS/c1-14(2)9-13(10-15(3,4)11-14)17-12-16(5)7-6-8-18-16/h13,17H,6-12H2,1-5H3. The van der Waals surface area contributed by atoms with E-state index in [9.17, 15) is 0 Å². The Bertz CT molecular complexity index is 273. The summed E-state index contributed by atoms with van der Waals surface area (Å²) in [5.74, 6) is 1.36. The van der Waals surface area contributed by atoms with Gasteiger partial charge in [-0.05, 0) is 55.6 Å². The third-order valence-corrected chi connectivity index (χ3v) is 6.16. The summed E-state index contributed by atoms with van der Waals surface area (Å²) in [6.45, 7) is 13.4. The summed E-state index contributed by atoms with van der Waals surface area (Å²) in [7, 11) is 0. The minimum absolute atomic E-state index is 0.503. The van der Waals surface area contributed by atoms with Gasteiger partial charge in [0.05, 0.1) is 0 Å². The molecule has 0 radical (unpaired) electrons. The van der Waals surface area contributed by atoms with Crippen molar-refractivity contribution in [2.24, 2.45) is 10.8 Å². The highest BCUT2D eigenvalue weighted by Crippen LogP contribution is 2.46. The summed E-state index contributed by atoms with van der Waals surface area (Å²) >= 11 is 2.17. The molecule has 1 N–H and O–H groups in total. The maximum atomic E-state index is 3.89. The average molecular weight is 269 g/mol. The second-order valence-corrected chi connectivity index (χ2v) is 10.1. The summed E-state index contributed by atoms with van der Waals surface area (Å²) in [6.07, 6.45) is 6.85. The van der Waals surface area contributed by atoms with Gasteiger partial charge >= 0.3 is 0 Å². The fraction of sp³-hybridized carbons (Fsp3) is 1.00. The van der Waals surface area contributed by atoms with Crippen LogP contribution in [0.25, 0.3) is 0 Å². The SMILES string of the molecule is CC1(C)CC(NCC2(C)CCCS2)CC(C)(C)C1. The largest absolute Gasteiger partial charge is 0.313 e. The minimum Gasteiger partial charge on any atom is -0.313 e. The molecule has 1 heterocycles. The molecule has 0 aromatic carbocycles. The number of hydrogen-bond donors (Lipinski definition) is 1. The molecule has 1 aliphatic carbocycles. The van der Waals surface area contributed by atoms with Crippen LogP contribution in [0, 0.1) is 10.8 Å². The van der Waals surface area contributed by atoms with Crippen molar-refractivity contribution in [2.45, 2.75) is 77.5 Å². The summed E-state index contributed by atoms with van der Waals surface area (Å²) in [5, 5.41) is 3.89. The quantitative estimate of drug-likeness (QED) is 0.811. The van der Waals surface area contributed by atoms with Crippen molar-refractivity contribution in [3.05, 3.63) is 0 Å². The minimum atomic E-state index is 0.503. The van der Waals surface area contributed by atoms with Crippen LogP contribution in [0.1, 0.15) is 66.7 Å². The first-order valence-corrected chi connectivity index (χ1v) is 8.56. The lowest BCUT2D eigenvalue weighted by Gasteiger charge is -2.46. The van der Waals surface area contributed by atoms with E-state index in [1.54, 1.807) is 0 Å². The van der Waals surface area contributed by atoms with Crippen molar-refractivity contribution in [3.8, 4) is 0 Å². The molecule has 2 heteroatoms. The second-order valence-electron chi connectivity index (χ2n) is 8.39. The topological polar surface area (TPSA) is 12.0 Å². The molecule has 1 saturated heterocycles. The predicted octanol–water partition coefficient (Wildman–Crippen LogP) is 4.47. The molecular weight excluding hydrogens is 238 g/mol. The third kappa shape index (κ3) is 3.90. The molecule has 1 atom stereocenters. The van der Waals surface area contributed by atoms with E-state index in [1.165, 1.54) is 44.4 Å². The van der Waals surface area contributed by atoms with E-state index in [-0.39, 0.29) is 0 Å². The van der Waals surface area contributed by atoms with Gasteiger partial charge in [-0.15, -0.1) is 0 Å². The zero-order chi connectivity index (χ0) is 13.4. The molecule has 0 spiro atoms. The highest BCUT2D eigenvalue weighted by atomic mass is 32.2. The Morgan fingerprint density at radius 1 is 1.06 bits per heavy atom. The van der Waals surface area contributed by atoms with E-state index >= 15 is 0 Å². The Morgan fingerprint density at radius 2 is 1.67 bits per heavy atom. The van der Waals surface area contributed by atoms with Crippen molar-refractivity contribution < 1.29 is 0 Å². The van der Waals surface area contributed by atoms with Crippen LogP contribution in [-0.4, -0.2) is 23.1 Å². The van der Waals surface area contributed by atoms with E-state index in [0.717, 1.165) is 6.04 Å². The van der Waals surface area contributed by atoms with E-state index in [4.69, 9.17) is 0 Å². The number of thioether (sulfide) groups is 1. The maximum Gasteiger partial charge on any atom is 0.0256 e. The zero-order valence-corrected chi connectivity index (χ0v) is 13.8. The van der Waals surface area contributed by atoms with Gasteiger partial charge in [0.25, 0.3) is 0 Å². The van der Waals surface area contributed by atoms with Gasteiger partial charge in [0.15, 0.2) is 0 Å². The number of nitrogens with one attached hydrogen (secondary N) is 1. The summed E-state index contributed by atoms with van der Waals surface area (Å²) in [6, 6.07) is 0.724. The molecular formula is C16H31NS. The fourth-order valence-electron chi connectivity index (χ4n) is 4.33. The monoisotopic (exact) mass is 269 g/mol. The van der Waals surface area contributed by atoms with Crippen LogP contribution in [0.5, 0.6) is 0 Å². The van der Waals surface area contributed by atoms with Gasteiger partial charge in [-0.2, -0.15) is 11.8 Å². The Labute approximate surface area is 118 Å². The molecule has 0 amide bonds. The molecule has 2 fully saturated rings. The molecule has 0 aromatic rings. The number of hydrogen-bond acceptors (Lipinski definition) is 2. The lowest BCUT2D eigenvalue weighted by molar-refractivity contribution is 0.0842. The molecule has 1 nitrogen and oxygen atoms in total. The molecule has 2 aliphatic rings. The van der Waals surface area contributed by atoms with Crippen molar-refractivity contribution >= 4 is 11.8 Å². The molecule has 1 saturated carbocycles. The average Bonchev–Trinajstić information content (AvgIpc) is 2.58. The Balaban J connectivity index is 1.89. The molecule has 1 unspecified atom stereocenters. The smallest absolute Gasteiger partial charge is 0.0256 e. The first-order valence-electron chi connectivity index (χ1n) is 7.57. The van der Waals surface area contributed by atoms with Crippen LogP contribution in [0.4, 0.5) is 0 Å². The Hall–Kier alpha value is 0.310. The molecule has 0 aromatic heterocycles. The van der Waals surface area contributed by atoms with E-state index in [2.05, 4.69) is 51.7 Å². The Morgan fingerprint density at radius 3 is 2.17 bits per heavy atom. The van der Waals surface area contributed by atoms with Gasteiger partial charge in [-0.25, -0.2) is 0 Å². The molecule has 1 aliphatic heterocycles. The number of rotatable bonds is 3. The first-order chi connectivity index (χ1) is 8.20. The highest BCUT2D eigenvalue weighted by molar-refractivity contribution is 8.00. The van der Waals surface area contributed by atoms with Crippen molar-refractivity contribution in [1.82, 2.24) is 5.32 Å². The van der Waals surface area contributed by atoms with Crippen LogP contribution in [0.15, 0.2) is 0 Å². The molecule has 106 valence electrons. The maximum absolute atomic E-state index is 3.89. The second kappa shape index (κ2) is 5.01. The van der Waals surface area contributed by atoms with Gasteiger partial charge in [0, 0.05) is 17.3 Å². The van der Waals surface area contributed by atoms with Gasteiger partial charge in [-0.1, -0.05) is 27.7 Å². The van der Waals surface area contributed by atoms with Gasteiger partial charge < -0.3 is 5.32 Å². The Kier molecular flexibility index (Phi) is 4.10. The van der Waals surface area contributed by atoms with Crippen LogP contribution >= 0.6 is 11.8 Å². The van der Waals surface area contributed by atoms with Crippen LogP contribution in [0.2, 0.25) is 0 Å². The van der Waals surface area contributed by atoms with E-state index < -0.39 is 0 Å². The molecule has 18 heavy (non-hydrogen) atoms. The third-order valence-electron chi connectivity index (χ3n) is 4.62. The van der Waals surface area contributed by atoms with Crippen LogP contribution in [0.3, 0.4) is 0 Å². The van der Waals surface area contributed by atoms with Crippen molar-refractivity contribution in [2.75, 3.05) is 12.3 Å². The zero-order valence-electron chi connectivity index (χ0n) is 12.9. The molecule has 2 rings (SSSR count). The van der Waals surface area contributed by atoms with Gasteiger partial charge in [0.1, 0.15) is 0 Å². The van der Waals surface area contributed by atoms with Crippen LogP contribution < -0.4 is 5.32 Å². The summed E-state index contributed by atoms with van der Waals surface area (Å²) in [5.41, 5.74) is 1.01. The van der Waals surface area contributed by atoms with Crippen molar-refractivity contribution in [3.63, 3.8) is 0 Å². The van der Waals surface area contributed by atoms with Gasteiger partial charge in [-0.3, -0.25) is 0 Å². The fourth-order valence-corrected chi connectivity index (χ4v) is 5.58. The predicted molar refractivity (Wildman–Crippen MR) is 83.3 cm³/mol. The normalized spacial score (nSPS) is 35.8. The highest BCUT2D eigenvalue weighted by Gasteiger charge is 2.39. The summed E-state index contributed by atoms with van der Waals surface area (Å²) in [4.78, 5) is 0. The lowest BCUT2D eigenvalue weighted by atomic mass is 9.63.